The first-order valence-corrected chi connectivity index (χ1v) is 8.71. The van der Waals surface area contributed by atoms with Crippen LogP contribution in [0.2, 0.25) is 0 Å². The van der Waals surface area contributed by atoms with Crippen LogP contribution in [0.3, 0.4) is 0 Å². The van der Waals surface area contributed by atoms with Gasteiger partial charge in [0, 0.05) is 6.54 Å². The second kappa shape index (κ2) is 5.40. The molecule has 1 amide bonds. The number of halogens is 1. The highest BCUT2D eigenvalue weighted by Crippen LogP contribution is 2.48. The van der Waals surface area contributed by atoms with E-state index in [1.807, 2.05) is 30.3 Å². The summed E-state index contributed by atoms with van der Waals surface area (Å²) in [6.45, 7) is 0.918. The van der Waals surface area contributed by atoms with E-state index < -0.39 is 0 Å². The number of hydrogen-bond donors (Lipinski definition) is 0. The Morgan fingerprint density at radius 2 is 2.14 bits per heavy atom. The minimum Gasteiger partial charge on any atom is -0.459 e. The van der Waals surface area contributed by atoms with Gasteiger partial charge >= 0.3 is 12.1 Å². The molecule has 0 aromatic heterocycles. The number of ether oxygens (including phenoxy) is 2. The molecule has 4 bridgehead atoms. The minimum absolute atomic E-state index is 0.150. The van der Waals surface area contributed by atoms with Crippen LogP contribution in [-0.2, 0) is 20.9 Å². The molecule has 4 aliphatic rings. The molecule has 3 aliphatic heterocycles. The third-order valence-corrected chi connectivity index (χ3v) is 6.58. The number of fused-ring (bicyclic) bond motifs is 1. The van der Waals surface area contributed by atoms with Gasteiger partial charge in [-0.1, -0.05) is 52.9 Å². The number of carbonyl (C=O) groups is 2. The molecule has 1 saturated carbocycles. The molecule has 1 aromatic carbocycles. The maximum Gasteiger partial charge on any atom is 0.410 e. The molecule has 3 saturated heterocycles. The second-order valence-electron chi connectivity index (χ2n) is 6.13. The van der Waals surface area contributed by atoms with Gasteiger partial charge in [-0.25, -0.2) is 4.79 Å². The Labute approximate surface area is 142 Å². The summed E-state index contributed by atoms with van der Waals surface area (Å²) < 4.78 is 11.2. The molecule has 0 unspecified atom stereocenters. The molecule has 5 nitrogen and oxygen atoms in total. The van der Waals surface area contributed by atoms with Gasteiger partial charge in [-0.15, -0.1) is 0 Å². The van der Waals surface area contributed by atoms with E-state index in [0.29, 0.717) is 16.4 Å². The number of piperidine rings is 2. The van der Waals surface area contributed by atoms with Crippen LogP contribution in [0.25, 0.3) is 0 Å². The van der Waals surface area contributed by atoms with Crippen LogP contribution in [0.4, 0.5) is 4.79 Å². The van der Waals surface area contributed by atoms with Crippen LogP contribution in [0, 0.1) is 11.8 Å². The number of rotatable bonds is 2. The average molecular weight is 413 g/mol. The number of nitrogens with zero attached hydrogens (tertiary/aromatic N) is 1. The summed E-state index contributed by atoms with van der Waals surface area (Å²) in [7, 11) is 0. The summed E-state index contributed by atoms with van der Waals surface area (Å²) in [6, 6.07) is 9.46. The predicted octanol–water partition coefficient (Wildman–Crippen LogP) is 2.37. The fourth-order valence-electron chi connectivity index (χ4n) is 3.82. The van der Waals surface area contributed by atoms with Crippen molar-refractivity contribution in [1.82, 2.24) is 4.90 Å². The van der Waals surface area contributed by atoms with Gasteiger partial charge in [-0.2, -0.15) is 0 Å². The van der Waals surface area contributed by atoms with E-state index in [0.717, 1.165) is 12.0 Å². The highest BCUT2D eigenvalue weighted by Gasteiger charge is 2.62. The number of alkyl halides is 1. The lowest BCUT2D eigenvalue weighted by molar-refractivity contribution is -0.143. The molecule has 0 spiro atoms. The number of hydrogen-bond acceptors (Lipinski definition) is 4. The lowest BCUT2D eigenvalue weighted by atomic mass is 9.73. The fraction of sp³-hybridized carbons (Fsp3) is 0.500. The molecule has 1 aliphatic carbocycles. The first kappa shape index (κ1) is 14.3. The van der Waals surface area contributed by atoms with Gasteiger partial charge in [0.25, 0.3) is 0 Å². The first-order valence-electron chi connectivity index (χ1n) is 7.47. The van der Waals surface area contributed by atoms with E-state index >= 15 is 0 Å². The van der Waals surface area contributed by atoms with Crippen LogP contribution in [0.1, 0.15) is 12.0 Å². The Morgan fingerprint density at radius 1 is 1.36 bits per heavy atom. The van der Waals surface area contributed by atoms with Crippen LogP contribution in [0.15, 0.2) is 30.3 Å². The molecular formula is C16H16INO4. The van der Waals surface area contributed by atoms with Gasteiger partial charge in [0.1, 0.15) is 12.7 Å². The van der Waals surface area contributed by atoms with Gasteiger partial charge < -0.3 is 14.4 Å². The monoisotopic (exact) mass is 413 g/mol. The van der Waals surface area contributed by atoms with E-state index in [2.05, 4.69) is 22.6 Å². The van der Waals surface area contributed by atoms with Crippen LogP contribution in [0.5, 0.6) is 0 Å². The summed E-state index contributed by atoms with van der Waals surface area (Å²) in [5.41, 5.74) is 0.958. The third kappa shape index (κ3) is 2.19. The Morgan fingerprint density at radius 3 is 2.91 bits per heavy atom. The Kier molecular flexibility index (Phi) is 3.51. The lowest BCUT2D eigenvalue weighted by Crippen LogP contribution is -2.63. The molecule has 5 atom stereocenters. The third-order valence-electron chi connectivity index (χ3n) is 4.86. The van der Waals surface area contributed by atoms with Gasteiger partial charge in [-0.3, -0.25) is 4.79 Å². The van der Waals surface area contributed by atoms with Gasteiger partial charge in [0.15, 0.2) is 0 Å². The Bertz CT molecular complexity index is 607. The van der Waals surface area contributed by atoms with Crippen LogP contribution >= 0.6 is 22.6 Å². The summed E-state index contributed by atoms with van der Waals surface area (Å²) >= 11 is 2.36. The standard InChI is InChI=1S/C16H16INO4/c17-12-10-6-11-13(14(12)22-15(11)19)18(7-10)16(20)21-8-9-4-2-1-3-5-9/h1-5,10-14H,6-8H2/t10-,11+,12+,13-,14-/m0/s1. The normalized spacial score (nSPS) is 35.4. The van der Waals surface area contributed by atoms with E-state index in [1.54, 1.807) is 4.90 Å². The minimum atomic E-state index is -0.338. The SMILES string of the molecule is O=C1O[C@H]2[C@H](I)[C@H]3C[C@@H]1[C@@H]2N(C(=O)OCc1ccccc1)C3. The highest BCUT2D eigenvalue weighted by atomic mass is 127. The zero-order valence-corrected chi connectivity index (χ0v) is 14.0. The van der Waals surface area contributed by atoms with Gasteiger partial charge in [-0.05, 0) is 17.9 Å². The number of esters is 1. The van der Waals surface area contributed by atoms with Gasteiger partial charge in [0.05, 0.1) is 15.9 Å². The van der Waals surface area contributed by atoms with Crippen LogP contribution in [-0.4, -0.2) is 39.6 Å². The number of benzene rings is 1. The molecule has 0 N–H and O–H groups in total. The van der Waals surface area contributed by atoms with Gasteiger partial charge in [0.2, 0.25) is 0 Å². The highest BCUT2D eigenvalue weighted by molar-refractivity contribution is 14.1. The quantitative estimate of drug-likeness (QED) is 0.425. The molecule has 0 radical (unpaired) electrons. The number of amides is 1. The predicted molar refractivity (Wildman–Crippen MR) is 86.4 cm³/mol. The zero-order chi connectivity index (χ0) is 15.3. The van der Waals surface area contributed by atoms with E-state index in [4.69, 9.17) is 9.47 Å². The second-order valence-corrected chi connectivity index (χ2v) is 7.57. The first-order chi connectivity index (χ1) is 10.6. The Balaban J connectivity index is 1.47. The molecule has 116 valence electrons. The maximum atomic E-state index is 12.4. The van der Waals surface area contributed by atoms with E-state index in [-0.39, 0.29) is 36.7 Å². The molecule has 3 heterocycles. The van der Waals surface area contributed by atoms with E-state index in [1.165, 1.54) is 0 Å². The summed E-state index contributed by atoms with van der Waals surface area (Å²) in [5.74, 6) is -0.00454. The smallest absolute Gasteiger partial charge is 0.410 e. The van der Waals surface area contributed by atoms with Crippen molar-refractivity contribution >= 4 is 34.7 Å². The summed E-state index contributed by atoms with van der Waals surface area (Å²) in [5, 5.41) is 0. The Hall–Kier alpha value is -1.31. The molecule has 22 heavy (non-hydrogen) atoms. The van der Waals surface area contributed by atoms with Crippen molar-refractivity contribution in [3.05, 3.63) is 35.9 Å². The topological polar surface area (TPSA) is 55.8 Å². The van der Waals surface area contributed by atoms with Crippen molar-refractivity contribution in [1.29, 1.82) is 0 Å². The molecule has 6 heteroatoms. The average Bonchev–Trinajstić information content (AvgIpc) is 2.84. The molecular weight excluding hydrogens is 397 g/mol. The molecule has 1 aromatic rings. The summed E-state index contributed by atoms with van der Waals surface area (Å²) in [4.78, 5) is 26.1. The fourth-order valence-corrected chi connectivity index (χ4v) is 4.91. The van der Waals surface area contributed by atoms with Crippen molar-refractivity contribution in [2.45, 2.75) is 29.1 Å². The van der Waals surface area contributed by atoms with Crippen molar-refractivity contribution in [2.75, 3.05) is 6.54 Å². The van der Waals surface area contributed by atoms with Crippen molar-refractivity contribution in [3.63, 3.8) is 0 Å². The molecule has 5 rings (SSSR count). The molecule has 4 fully saturated rings. The summed E-state index contributed by atoms with van der Waals surface area (Å²) in [6.07, 6.45) is 0.320. The van der Waals surface area contributed by atoms with Crippen molar-refractivity contribution in [2.24, 2.45) is 11.8 Å². The zero-order valence-electron chi connectivity index (χ0n) is 11.9. The van der Waals surface area contributed by atoms with Crippen LogP contribution < -0.4 is 0 Å². The maximum absolute atomic E-state index is 12.4. The number of carbonyl (C=O) groups excluding carboxylic acids is 2. The lowest BCUT2D eigenvalue weighted by Gasteiger charge is -2.48. The van der Waals surface area contributed by atoms with E-state index in [9.17, 15) is 9.59 Å². The largest absolute Gasteiger partial charge is 0.459 e. The van der Waals surface area contributed by atoms with Crippen molar-refractivity contribution in [3.8, 4) is 0 Å². The van der Waals surface area contributed by atoms with Crippen molar-refractivity contribution < 1.29 is 19.1 Å².